The molecule has 1 unspecified atom stereocenters. The van der Waals surface area contributed by atoms with Gasteiger partial charge in [-0.3, -0.25) is 0 Å². The molecule has 1 N–H and O–H groups in total. The number of benzene rings is 1. The SMILES string of the molecule is CC(CO)CSCc1ccc(S(=O)(=O)C(F)F)cc1. The first-order valence-corrected chi connectivity index (χ1v) is 8.37. The van der Waals surface area contributed by atoms with Crippen molar-refractivity contribution >= 4 is 21.6 Å². The summed E-state index contributed by atoms with van der Waals surface area (Å²) in [6, 6.07) is 5.47. The molecule has 0 saturated carbocycles. The second-order valence-electron chi connectivity index (χ2n) is 4.25. The number of aliphatic hydroxyl groups excluding tert-OH is 1. The molecule has 0 aliphatic carbocycles. The van der Waals surface area contributed by atoms with Crippen LogP contribution in [0.3, 0.4) is 0 Å². The van der Waals surface area contributed by atoms with Crippen molar-refractivity contribution < 1.29 is 22.3 Å². The number of sulfone groups is 1. The van der Waals surface area contributed by atoms with E-state index in [1.807, 2.05) is 6.92 Å². The first-order chi connectivity index (χ1) is 8.87. The standard InChI is InChI=1S/C12H16F2O3S2/c1-9(6-15)7-18-8-10-2-4-11(5-3-10)19(16,17)12(13)14/h2-5,9,12,15H,6-8H2,1H3. The van der Waals surface area contributed by atoms with E-state index in [4.69, 9.17) is 5.11 Å². The van der Waals surface area contributed by atoms with Crippen molar-refractivity contribution in [1.82, 2.24) is 0 Å². The van der Waals surface area contributed by atoms with E-state index >= 15 is 0 Å². The lowest BCUT2D eigenvalue weighted by Gasteiger charge is -2.08. The third kappa shape index (κ3) is 4.74. The van der Waals surface area contributed by atoms with E-state index < -0.39 is 15.6 Å². The van der Waals surface area contributed by atoms with Crippen LogP contribution in [0.5, 0.6) is 0 Å². The van der Waals surface area contributed by atoms with Crippen LogP contribution in [0.1, 0.15) is 12.5 Å². The quantitative estimate of drug-likeness (QED) is 0.841. The lowest BCUT2D eigenvalue weighted by atomic mass is 10.2. The highest BCUT2D eigenvalue weighted by Crippen LogP contribution is 2.21. The summed E-state index contributed by atoms with van der Waals surface area (Å²) < 4.78 is 47.0. The van der Waals surface area contributed by atoms with Crippen LogP contribution in [-0.2, 0) is 15.6 Å². The van der Waals surface area contributed by atoms with E-state index in [2.05, 4.69) is 0 Å². The molecular formula is C12H16F2O3S2. The van der Waals surface area contributed by atoms with Gasteiger partial charge in [0.2, 0.25) is 9.84 Å². The molecule has 0 aliphatic heterocycles. The van der Waals surface area contributed by atoms with Gasteiger partial charge < -0.3 is 5.11 Å². The van der Waals surface area contributed by atoms with Crippen LogP contribution in [0.2, 0.25) is 0 Å². The monoisotopic (exact) mass is 310 g/mol. The van der Waals surface area contributed by atoms with Crippen molar-refractivity contribution in [1.29, 1.82) is 0 Å². The Morgan fingerprint density at radius 2 is 1.84 bits per heavy atom. The highest BCUT2D eigenvalue weighted by atomic mass is 32.2. The van der Waals surface area contributed by atoms with Crippen LogP contribution in [0.25, 0.3) is 0 Å². The summed E-state index contributed by atoms with van der Waals surface area (Å²) in [7, 11) is -4.50. The fraction of sp³-hybridized carbons (Fsp3) is 0.500. The molecule has 0 bridgehead atoms. The predicted molar refractivity (Wildman–Crippen MR) is 72.0 cm³/mol. The van der Waals surface area contributed by atoms with E-state index in [9.17, 15) is 17.2 Å². The molecule has 1 aromatic rings. The Balaban J connectivity index is 2.62. The summed E-state index contributed by atoms with van der Waals surface area (Å²) in [6.07, 6.45) is 0. The zero-order valence-electron chi connectivity index (χ0n) is 10.4. The van der Waals surface area contributed by atoms with Crippen molar-refractivity contribution in [3.05, 3.63) is 29.8 Å². The van der Waals surface area contributed by atoms with Crippen molar-refractivity contribution in [3.63, 3.8) is 0 Å². The lowest BCUT2D eigenvalue weighted by molar-refractivity contribution is 0.234. The van der Waals surface area contributed by atoms with Gasteiger partial charge in [0.05, 0.1) is 4.90 Å². The van der Waals surface area contributed by atoms with Gasteiger partial charge in [-0.2, -0.15) is 20.5 Å². The van der Waals surface area contributed by atoms with Crippen molar-refractivity contribution in [2.24, 2.45) is 5.92 Å². The molecule has 19 heavy (non-hydrogen) atoms. The van der Waals surface area contributed by atoms with E-state index in [1.54, 1.807) is 11.8 Å². The zero-order chi connectivity index (χ0) is 14.5. The van der Waals surface area contributed by atoms with Gasteiger partial charge >= 0.3 is 5.76 Å². The molecule has 0 spiro atoms. The molecule has 0 amide bonds. The average Bonchev–Trinajstić information content (AvgIpc) is 2.39. The lowest BCUT2D eigenvalue weighted by Crippen LogP contribution is -2.11. The maximum atomic E-state index is 12.3. The third-order valence-electron chi connectivity index (χ3n) is 2.47. The summed E-state index contributed by atoms with van der Waals surface area (Å²) in [5.74, 6) is -1.76. The zero-order valence-corrected chi connectivity index (χ0v) is 12.1. The average molecular weight is 310 g/mol. The summed E-state index contributed by atoms with van der Waals surface area (Å²) in [5.41, 5.74) is 0.864. The molecule has 1 rings (SSSR count). The summed E-state index contributed by atoms with van der Waals surface area (Å²) in [4.78, 5) is -0.361. The Labute approximate surface area is 115 Å². The van der Waals surface area contributed by atoms with Crippen LogP contribution in [0.4, 0.5) is 8.78 Å². The van der Waals surface area contributed by atoms with Crippen molar-refractivity contribution in [2.75, 3.05) is 12.4 Å². The Bertz CT molecular complexity index is 486. The molecule has 0 radical (unpaired) electrons. The number of alkyl halides is 2. The molecule has 7 heteroatoms. The highest BCUT2D eigenvalue weighted by Gasteiger charge is 2.26. The molecular weight excluding hydrogens is 294 g/mol. The predicted octanol–water partition coefficient (Wildman–Crippen LogP) is 2.54. The van der Waals surface area contributed by atoms with Gasteiger partial charge in [-0.25, -0.2) is 8.42 Å². The summed E-state index contributed by atoms with van der Waals surface area (Å²) in [6.45, 7) is 2.05. The first-order valence-electron chi connectivity index (χ1n) is 5.67. The Morgan fingerprint density at radius 1 is 1.26 bits per heavy atom. The van der Waals surface area contributed by atoms with Crippen LogP contribution >= 0.6 is 11.8 Å². The molecule has 0 fully saturated rings. The van der Waals surface area contributed by atoms with Crippen LogP contribution in [-0.4, -0.2) is 31.6 Å². The molecule has 0 aromatic heterocycles. The minimum Gasteiger partial charge on any atom is -0.396 e. The van der Waals surface area contributed by atoms with Gasteiger partial charge in [0, 0.05) is 12.4 Å². The highest BCUT2D eigenvalue weighted by molar-refractivity contribution is 7.98. The fourth-order valence-corrected chi connectivity index (χ4v) is 3.08. The molecule has 3 nitrogen and oxygen atoms in total. The largest absolute Gasteiger partial charge is 0.396 e. The normalized spacial score (nSPS) is 13.7. The van der Waals surface area contributed by atoms with E-state index in [1.165, 1.54) is 24.3 Å². The first kappa shape index (κ1) is 16.4. The minimum atomic E-state index is -4.50. The fourth-order valence-electron chi connectivity index (χ4n) is 1.31. The van der Waals surface area contributed by atoms with E-state index in [0.717, 1.165) is 11.3 Å². The van der Waals surface area contributed by atoms with Gasteiger partial charge in [-0.1, -0.05) is 19.1 Å². The number of hydrogen-bond acceptors (Lipinski definition) is 4. The Hall–Kier alpha value is -0.660. The van der Waals surface area contributed by atoms with Crippen LogP contribution < -0.4 is 0 Å². The van der Waals surface area contributed by atoms with Crippen molar-refractivity contribution in [3.8, 4) is 0 Å². The Morgan fingerprint density at radius 3 is 2.32 bits per heavy atom. The minimum absolute atomic E-state index is 0.124. The summed E-state index contributed by atoms with van der Waals surface area (Å²) in [5, 5.41) is 8.86. The molecule has 1 aromatic carbocycles. The topological polar surface area (TPSA) is 54.4 Å². The van der Waals surface area contributed by atoms with Gasteiger partial charge in [-0.15, -0.1) is 0 Å². The summed E-state index contributed by atoms with van der Waals surface area (Å²) >= 11 is 1.60. The van der Waals surface area contributed by atoms with Crippen LogP contribution in [0.15, 0.2) is 29.2 Å². The number of thioether (sulfide) groups is 1. The number of hydrogen-bond donors (Lipinski definition) is 1. The molecule has 0 saturated heterocycles. The van der Waals surface area contributed by atoms with Gasteiger partial charge in [0.1, 0.15) is 0 Å². The smallest absolute Gasteiger partial charge is 0.341 e. The van der Waals surface area contributed by atoms with Crippen molar-refractivity contribution in [2.45, 2.75) is 23.3 Å². The van der Waals surface area contributed by atoms with Crippen LogP contribution in [0, 0.1) is 5.92 Å². The number of halogens is 2. The molecule has 0 heterocycles. The van der Waals surface area contributed by atoms with Gasteiger partial charge in [-0.05, 0) is 29.4 Å². The Kier molecular flexibility index (Phi) is 6.22. The molecule has 108 valence electrons. The number of rotatable bonds is 7. The number of aliphatic hydroxyl groups is 1. The van der Waals surface area contributed by atoms with E-state index in [0.29, 0.717) is 5.75 Å². The molecule has 0 aliphatic rings. The second-order valence-corrected chi connectivity index (χ2v) is 7.20. The third-order valence-corrected chi connectivity index (χ3v) is 5.21. The maximum absolute atomic E-state index is 12.3. The molecule has 1 atom stereocenters. The maximum Gasteiger partial charge on any atom is 0.341 e. The van der Waals surface area contributed by atoms with E-state index in [-0.39, 0.29) is 17.4 Å². The van der Waals surface area contributed by atoms with Gasteiger partial charge in [0.15, 0.2) is 0 Å². The second kappa shape index (κ2) is 7.21. The van der Waals surface area contributed by atoms with Gasteiger partial charge in [0.25, 0.3) is 0 Å².